The van der Waals surface area contributed by atoms with Crippen molar-refractivity contribution in [2.45, 2.75) is 45.4 Å². The highest BCUT2D eigenvalue weighted by Gasteiger charge is 2.24. The van der Waals surface area contributed by atoms with Crippen LogP contribution >= 0.6 is 0 Å². The van der Waals surface area contributed by atoms with Crippen molar-refractivity contribution in [3.63, 3.8) is 0 Å². The molecule has 4 nitrogen and oxygen atoms in total. The molecule has 1 aliphatic heterocycles. The summed E-state index contributed by atoms with van der Waals surface area (Å²) >= 11 is 0. The maximum atomic E-state index is 5.82. The fourth-order valence-electron chi connectivity index (χ4n) is 2.73. The van der Waals surface area contributed by atoms with E-state index in [4.69, 9.17) is 14.2 Å². The van der Waals surface area contributed by atoms with E-state index in [9.17, 15) is 0 Å². The monoisotopic (exact) mass is 293 g/mol. The second-order valence-corrected chi connectivity index (χ2v) is 5.93. The van der Waals surface area contributed by atoms with Crippen molar-refractivity contribution in [3.05, 3.63) is 23.8 Å². The van der Waals surface area contributed by atoms with E-state index in [0.29, 0.717) is 18.1 Å². The minimum absolute atomic E-state index is 0.369. The van der Waals surface area contributed by atoms with E-state index >= 15 is 0 Å². The Hall–Kier alpha value is -1.26. The Bertz CT molecular complexity index is 448. The number of ether oxygens (including phenoxy) is 3. The first-order valence-corrected chi connectivity index (χ1v) is 7.70. The summed E-state index contributed by atoms with van der Waals surface area (Å²) in [6.45, 7) is 6.10. The van der Waals surface area contributed by atoms with E-state index in [0.717, 1.165) is 43.1 Å². The van der Waals surface area contributed by atoms with Gasteiger partial charge < -0.3 is 19.5 Å². The van der Waals surface area contributed by atoms with Crippen LogP contribution in [0.15, 0.2) is 18.2 Å². The van der Waals surface area contributed by atoms with Crippen molar-refractivity contribution < 1.29 is 14.2 Å². The van der Waals surface area contributed by atoms with Crippen molar-refractivity contribution in [1.29, 1.82) is 0 Å². The second kappa shape index (κ2) is 7.66. The number of nitrogens with one attached hydrogen (secondary N) is 1. The van der Waals surface area contributed by atoms with Gasteiger partial charge in [0, 0.05) is 30.8 Å². The molecule has 2 atom stereocenters. The molecule has 21 heavy (non-hydrogen) atoms. The van der Waals surface area contributed by atoms with Crippen molar-refractivity contribution in [2.75, 3.05) is 20.8 Å². The highest BCUT2D eigenvalue weighted by atomic mass is 16.5. The predicted octanol–water partition coefficient (Wildman–Crippen LogP) is 3.00. The molecule has 0 bridgehead atoms. The lowest BCUT2D eigenvalue weighted by atomic mass is 9.95. The van der Waals surface area contributed by atoms with Crippen molar-refractivity contribution in [1.82, 2.24) is 5.32 Å². The summed E-state index contributed by atoms with van der Waals surface area (Å²) < 4.78 is 16.5. The van der Waals surface area contributed by atoms with Gasteiger partial charge in [-0.1, -0.05) is 19.9 Å². The Morgan fingerprint density at radius 1 is 1.29 bits per heavy atom. The van der Waals surface area contributed by atoms with Crippen LogP contribution in [0, 0.1) is 5.92 Å². The minimum atomic E-state index is 0.369. The van der Waals surface area contributed by atoms with Gasteiger partial charge >= 0.3 is 0 Å². The Balaban J connectivity index is 1.93. The lowest BCUT2D eigenvalue weighted by Crippen LogP contribution is -2.40. The van der Waals surface area contributed by atoms with Crippen LogP contribution in [0.25, 0.3) is 0 Å². The number of rotatable bonds is 6. The summed E-state index contributed by atoms with van der Waals surface area (Å²) in [6, 6.07) is 6.47. The average molecular weight is 293 g/mol. The van der Waals surface area contributed by atoms with Crippen molar-refractivity contribution >= 4 is 0 Å². The van der Waals surface area contributed by atoms with Gasteiger partial charge in [-0.3, -0.25) is 0 Å². The molecular weight excluding hydrogens is 266 g/mol. The van der Waals surface area contributed by atoms with Gasteiger partial charge in [0.15, 0.2) is 0 Å². The summed E-state index contributed by atoms with van der Waals surface area (Å²) in [4.78, 5) is 0. The minimum Gasteiger partial charge on any atom is -0.497 e. The third-order valence-corrected chi connectivity index (χ3v) is 4.13. The van der Waals surface area contributed by atoms with Gasteiger partial charge in [-0.2, -0.15) is 0 Å². The molecule has 0 spiro atoms. The van der Waals surface area contributed by atoms with E-state index in [1.165, 1.54) is 0 Å². The SMILES string of the molecule is COc1ccc(CNC2CCOC(C(C)C)C2)c(OC)c1. The van der Waals surface area contributed by atoms with Crippen molar-refractivity contribution in [3.8, 4) is 11.5 Å². The first-order chi connectivity index (χ1) is 10.1. The van der Waals surface area contributed by atoms with Gasteiger partial charge in [0.05, 0.1) is 20.3 Å². The summed E-state index contributed by atoms with van der Waals surface area (Å²) in [5.74, 6) is 2.26. The zero-order chi connectivity index (χ0) is 15.2. The molecule has 0 saturated carbocycles. The number of hydrogen-bond acceptors (Lipinski definition) is 4. The van der Waals surface area contributed by atoms with Crippen LogP contribution in [-0.2, 0) is 11.3 Å². The zero-order valence-electron chi connectivity index (χ0n) is 13.5. The Labute approximate surface area is 127 Å². The summed E-state index contributed by atoms with van der Waals surface area (Å²) in [5.41, 5.74) is 1.16. The smallest absolute Gasteiger partial charge is 0.127 e. The molecule has 1 heterocycles. The van der Waals surface area contributed by atoms with Crippen LogP contribution in [-0.4, -0.2) is 33.0 Å². The maximum absolute atomic E-state index is 5.82. The van der Waals surface area contributed by atoms with Crippen LogP contribution in [0.4, 0.5) is 0 Å². The fraction of sp³-hybridized carbons (Fsp3) is 0.647. The molecule has 1 aromatic rings. The average Bonchev–Trinajstić information content (AvgIpc) is 2.53. The first-order valence-electron chi connectivity index (χ1n) is 7.70. The van der Waals surface area contributed by atoms with Crippen LogP contribution in [0.3, 0.4) is 0 Å². The predicted molar refractivity (Wildman–Crippen MR) is 84.0 cm³/mol. The molecule has 0 aromatic heterocycles. The Morgan fingerprint density at radius 3 is 2.76 bits per heavy atom. The van der Waals surface area contributed by atoms with Crippen LogP contribution < -0.4 is 14.8 Å². The van der Waals surface area contributed by atoms with Crippen molar-refractivity contribution in [2.24, 2.45) is 5.92 Å². The highest BCUT2D eigenvalue weighted by Crippen LogP contribution is 2.25. The van der Waals surface area contributed by atoms with Crippen LogP contribution in [0.5, 0.6) is 11.5 Å². The number of benzene rings is 1. The summed E-state index contributed by atoms with van der Waals surface area (Å²) in [6.07, 6.45) is 2.52. The largest absolute Gasteiger partial charge is 0.497 e. The highest BCUT2D eigenvalue weighted by molar-refractivity contribution is 5.40. The molecule has 1 N–H and O–H groups in total. The molecule has 0 amide bonds. The van der Waals surface area contributed by atoms with E-state index in [1.807, 2.05) is 12.1 Å². The fourth-order valence-corrected chi connectivity index (χ4v) is 2.73. The van der Waals surface area contributed by atoms with E-state index in [1.54, 1.807) is 14.2 Å². The molecule has 1 aliphatic rings. The van der Waals surface area contributed by atoms with E-state index < -0.39 is 0 Å². The normalized spacial score (nSPS) is 22.3. The third-order valence-electron chi connectivity index (χ3n) is 4.13. The first kappa shape index (κ1) is 16.1. The molecule has 0 aliphatic carbocycles. The van der Waals surface area contributed by atoms with Gasteiger partial charge in [-0.15, -0.1) is 0 Å². The second-order valence-electron chi connectivity index (χ2n) is 5.93. The van der Waals surface area contributed by atoms with Gasteiger partial charge in [0.2, 0.25) is 0 Å². The molecule has 1 aromatic carbocycles. The molecule has 118 valence electrons. The van der Waals surface area contributed by atoms with Gasteiger partial charge in [-0.25, -0.2) is 0 Å². The third kappa shape index (κ3) is 4.35. The summed E-state index contributed by atoms with van der Waals surface area (Å²) in [5, 5.41) is 3.63. The molecular formula is C17H27NO3. The van der Waals surface area contributed by atoms with Gasteiger partial charge in [0.1, 0.15) is 11.5 Å². The lowest BCUT2D eigenvalue weighted by molar-refractivity contribution is -0.0245. The van der Waals surface area contributed by atoms with Crippen LogP contribution in [0.1, 0.15) is 32.3 Å². The van der Waals surface area contributed by atoms with E-state index in [2.05, 4.69) is 25.2 Å². The maximum Gasteiger partial charge on any atom is 0.127 e. The van der Waals surface area contributed by atoms with Gasteiger partial charge in [-0.05, 0) is 24.8 Å². The number of hydrogen-bond donors (Lipinski definition) is 1. The Kier molecular flexibility index (Phi) is 5.88. The quantitative estimate of drug-likeness (QED) is 0.875. The lowest BCUT2D eigenvalue weighted by Gasteiger charge is -2.32. The standard InChI is InChI=1S/C17H27NO3/c1-12(2)16-9-14(7-8-21-16)18-11-13-5-6-15(19-3)10-17(13)20-4/h5-6,10,12,14,16,18H,7-9,11H2,1-4H3. The molecule has 0 radical (unpaired) electrons. The van der Waals surface area contributed by atoms with Gasteiger partial charge in [0.25, 0.3) is 0 Å². The van der Waals surface area contributed by atoms with E-state index in [-0.39, 0.29) is 0 Å². The molecule has 1 fully saturated rings. The van der Waals surface area contributed by atoms with Crippen LogP contribution in [0.2, 0.25) is 0 Å². The Morgan fingerprint density at radius 2 is 2.10 bits per heavy atom. The molecule has 2 rings (SSSR count). The molecule has 2 unspecified atom stereocenters. The summed E-state index contributed by atoms with van der Waals surface area (Å²) in [7, 11) is 3.36. The zero-order valence-corrected chi connectivity index (χ0v) is 13.5. The molecule has 1 saturated heterocycles. The topological polar surface area (TPSA) is 39.7 Å². The number of methoxy groups -OCH3 is 2. The molecule has 4 heteroatoms.